The summed E-state index contributed by atoms with van der Waals surface area (Å²) in [5.41, 5.74) is 4.26. The Bertz CT molecular complexity index is 1180. The van der Waals surface area contributed by atoms with Crippen molar-refractivity contribution < 1.29 is 23.9 Å². The van der Waals surface area contributed by atoms with Crippen LogP contribution in [0.2, 0.25) is 0 Å². The summed E-state index contributed by atoms with van der Waals surface area (Å²) in [7, 11) is 2.54. The Morgan fingerprint density at radius 3 is 2.15 bits per heavy atom. The third kappa shape index (κ3) is 3.33. The molecule has 0 bridgehead atoms. The van der Waals surface area contributed by atoms with E-state index in [1.807, 2.05) is 50.2 Å². The maximum absolute atomic E-state index is 14.0. The summed E-state index contributed by atoms with van der Waals surface area (Å²) >= 11 is 0. The van der Waals surface area contributed by atoms with Crippen molar-refractivity contribution in [3.8, 4) is 0 Å². The molecule has 5 heteroatoms. The van der Waals surface area contributed by atoms with Gasteiger partial charge < -0.3 is 9.47 Å². The molecule has 2 aliphatic rings. The number of hydrogen-bond donors (Lipinski definition) is 0. The fourth-order valence-corrected chi connectivity index (χ4v) is 5.61. The highest BCUT2D eigenvalue weighted by atomic mass is 16.5. The van der Waals surface area contributed by atoms with Crippen molar-refractivity contribution >= 4 is 23.3 Å². The Morgan fingerprint density at radius 1 is 0.909 bits per heavy atom. The third-order valence-corrected chi connectivity index (χ3v) is 7.68. The summed E-state index contributed by atoms with van der Waals surface area (Å²) in [5, 5.41) is 0. The number of ketones is 1. The van der Waals surface area contributed by atoms with Crippen molar-refractivity contribution in [3.63, 3.8) is 0 Å². The molecule has 0 fully saturated rings. The molecule has 0 radical (unpaired) electrons. The minimum atomic E-state index is -1.57. The van der Waals surface area contributed by atoms with E-state index in [1.54, 1.807) is 0 Å². The maximum atomic E-state index is 14.0. The summed E-state index contributed by atoms with van der Waals surface area (Å²) in [6.45, 7) is 8.17. The molecule has 1 atom stereocenters. The molecule has 5 nitrogen and oxygen atoms in total. The molecule has 33 heavy (non-hydrogen) atoms. The van der Waals surface area contributed by atoms with E-state index < -0.39 is 17.4 Å². The maximum Gasteiger partial charge on any atom is 0.323 e. The number of esters is 2. The number of fused-ring (bicyclic) bond motifs is 3. The fraction of sp³-hybridized carbons (Fsp3) is 0.393. The summed E-state index contributed by atoms with van der Waals surface area (Å²) < 4.78 is 10.2. The molecule has 0 amide bonds. The van der Waals surface area contributed by atoms with Gasteiger partial charge in [0.05, 0.1) is 14.2 Å². The van der Waals surface area contributed by atoms with Gasteiger partial charge in [0.1, 0.15) is 0 Å². The summed E-state index contributed by atoms with van der Waals surface area (Å²) in [4.78, 5) is 40.2. The average Bonchev–Trinajstić information content (AvgIpc) is 3.05. The molecular formula is C28H30O5. The van der Waals surface area contributed by atoms with Gasteiger partial charge in [-0.1, -0.05) is 50.2 Å². The minimum absolute atomic E-state index is 0.0473. The lowest BCUT2D eigenvalue weighted by Crippen LogP contribution is -2.48. The van der Waals surface area contributed by atoms with Gasteiger partial charge in [-0.15, -0.1) is 0 Å². The van der Waals surface area contributed by atoms with Gasteiger partial charge in [0.15, 0.2) is 11.2 Å². The van der Waals surface area contributed by atoms with Crippen LogP contribution in [0.3, 0.4) is 0 Å². The molecule has 0 heterocycles. The average molecular weight is 447 g/mol. The van der Waals surface area contributed by atoms with Crippen molar-refractivity contribution in [3.05, 3.63) is 75.9 Å². The van der Waals surface area contributed by atoms with Gasteiger partial charge >= 0.3 is 11.9 Å². The Labute approximate surface area is 194 Å². The van der Waals surface area contributed by atoms with Gasteiger partial charge in [-0.2, -0.15) is 0 Å². The van der Waals surface area contributed by atoms with E-state index in [1.165, 1.54) is 14.2 Å². The number of aryl methyl sites for hydroxylation is 2. The second kappa shape index (κ2) is 7.98. The summed E-state index contributed by atoms with van der Waals surface area (Å²) in [5.74, 6) is -1.70. The number of allylic oxidation sites excluding steroid dienone is 2. The van der Waals surface area contributed by atoms with Crippen molar-refractivity contribution in [1.82, 2.24) is 0 Å². The third-order valence-electron chi connectivity index (χ3n) is 7.68. The van der Waals surface area contributed by atoms with Crippen LogP contribution in [0.4, 0.5) is 0 Å². The first-order valence-corrected chi connectivity index (χ1v) is 11.2. The Hall–Kier alpha value is -3.21. The Morgan fingerprint density at radius 2 is 1.55 bits per heavy atom. The van der Waals surface area contributed by atoms with Gasteiger partial charge in [0.25, 0.3) is 0 Å². The van der Waals surface area contributed by atoms with Gasteiger partial charge in [-0.25, -0.2) is 0 Å². The smallest absolute Gasteiger partial charge is 0.323 e. The largest absolute Gasteiger partial charge is 0.468 e. The van der Waals surface area contributed by atoms with E-state index in [4.69, 9.17) is 9.47 Å². The van der Waals surface area contributed by atoms with Crippen LogP contribution in [-0.4, -0.2) is 31.9 Å². The number of rotatable bonds is 4. The van der Waals surface area contributed by atoms with Crippen LogP contribution in [0.1, 0.15) is 59.3 Å². The number of carbonyl (C=O) groups is 3. The molecule has 172 valence electrons. The van der Waals surface area contributed by atoms with Gasteiger partial charge in [-0.05, 0) is 65.5 Å². The molecule has 2 aliphatic carbocycles. The highest BCUT2D eigenvalue weighted by Gasteiger charge is 2.59. The lowest BCUT2D eigenvalue weighted by Gasteiger charge is -2.41. The molecule has 2 aromatic rings. The molecule has 0 saturated heterocycles. The second-order valence-electron chi connectivity index (χ2n) is 9.79. The van der Waals surface area contributed by atoms with Crippen molar-refractivity contribution in [1.29, 1.82) is 0 Å². The zero-order chi connectivity index (χ0) is 24.1. The predicted octanol–water partition coefficient (Wildman–Crippen LogP) is 4.97. The second-order valence-corrected chi connectivity index (χ2v) is 9.79. The molecule has 0 spiro atoms. The SMILES string of the molecule is COC(=O)C1(C(=O)OC)CC(C(=O)c2ccc(C)c(C)c2)=C2c3ccccc3C(C)(C)C2C1. The van der Waals surface area contributed by atoms with Crippen LogP contribution in [0.15, 0.2) is 48.0 Å². The first-order chi connectivity index (χ1) is 15.6. The number of Topliss-reactive ketones (excluding diaryl/α,β-unsaturated/α-hetero) is 1. The van der Waals surface area contributed by atoms with Crippen molar-refractivity contribution in [2.24, 2.45) is 11.3 Å². The first kappa shape index (κ1) is 23.0. The van der Waals surface area contributed by atoms with E-state index in [-0.39, 0.29) is 30.0 Å². The molecule has 0 N–H and O–H groups in total. The predicted molar refractivity (Wildman–Crippen MR) is 126 cm³/mol. The van der Waals surface area contributed by atoms with Gasteiger partial charge in [0.2, 0.25) is 0 Å². The van der Waals surface area contributed by atoms with Crippen LogP contribution in [0, 0.1) is 25.2 Å². The van der Waals surface area contributed by atoms with E-state index in [0.29, 0.717) is 11.1 Å². The lowest BCUT2D eigenvalue weighted by molar-refractivity contribution is -0.170. The standard InChI is InChI=1S/C28H30O5/c1-16-11-12-18(13-17(16)2)24(29)20-14-28(25(30)32-5,26(31)33-6)15-22-23(20)19-9-7-8-10-21(19)27(22,3)4/h7-13,22H,14-15H2,1-6H3. The molecule has 1 unspecified atom stereocenters. The van der Waals surface area contributed by atoms with Gasteiger partial charge in [-0.3, -0.25) is 14.4 Å². The molecule has 0 saturated carbocycles. The number of benzene rings is 2. The fourth-order valence-electron chi connectivity index (χ4n) is 5.61. The van der Waals surface area contributed by atoms with Crippen molar-refractivity contribution in [2.45, 2.75) is 46.0 Å². The molecule has 4 rings (SSSR count). The van der Waals surface area contributed by atoms with E-state index in [9.17, 15) is 14.4 Å². The number of methoxy groups -OCH3 is 2. The quantitative estimate of drug-likeness (QED) is 0.377. The van der Waals surface area contributed by atoms with Crippen LogP contribution >= 0.6 is 0 Å². The van der Waals surface area contributed by atoms with Crippen LogP contribution in [-0.2, 0) is 24.5 Å². The molecule has 0 aromatic heterocycles. The highest BCUT2D eigenvalue weighted by molar-refractivity contribution is 6.16. The van der Waals surface area contributed by atoms with Crippen LogP contribution in [0.25, 0.3) is 5.57 Å². The summed E-state index contributed by atoms with van der Waals surface area (Å²) in [6, 6.07) is 13.7. The monoisotopic (exact) mass is 446 g/mol. The first-order valence-electron chi connectivity index (χ1n) is 11.2. The summed E-state index contributed by atoms with van der Waals surface area (Å²) in [6.07, 6.45) is 0.182. The zero-order valence-corrected chi connectivity index (χ0v) is 20.1. The van der Waals surface area contributed by atoms with Crippen molar-refractivity contribution in [2.75, 3.05) is 14.2 Å². The van der Waals surface area contributed by atoms with E-state index in [2.05, 4.69) is 19.9 Å². The van der Waals surface area contributed by atoms with Gasteiger partial charge in [0, 0.05) is 17.6 Å². The van der Waals surface area contributed by atoms with E-state index >= 15 is 0 Å². The van der Waals surface area contributed by atoms with Crippen LogP contribution < -0.4 is 0 Å². The Balaban J connectivity index is 2.00. The molecular weight excluding hydrogens is 416 g/mol. The number of hydrogen-bond acceptors (Lipinski definition) is 5. The lowest BCUT2D eigenvalue weighted by atomic mass is 9.61. The normalized spacial score (nSPS) is 20.0. The molecule has 2 aromatic carbocycles. The highest BCUT2D eigenvalue weighted by Crippen LogP contribution is 2.60. The zero-order valence-electron chi connectivity index (χ0n) is 20.1. The topological polar surface area (TPSA) is 69.7 Å². The van der Waals surface area contributed by atoms with E-state index in [0.717, 1.165) is 27.8 Å². The Kier molecular flexibility index (Phi) is 5.55. The minimum Gasteiger partial charge on any atom is -0.468 e. The van der Waals surface area contributed by atoms with Crippen LogP contribution in [0.5, 0.6) is 0 Å². The number of carbonyl (C=O) groups excluding carboxylic acids is 3. The number of ether oxygens (including phenoxy) is 2. The molecule has 0 aliphatic heterocycles.